The second-order valence-corrected chi connectivity index (χ2v) is 7.85. The molecule has 2 heterocycles. The molecule has 1 aromatic heterocycles. The maximum absolute atomic E-state index is 13.8. The Kier molecular flexibility index (Phi) is 6.70. The van der Waals surface area contributed by atoms with Crippen LogP contribution in [-0.2, 0) is 13.1 Å². The summed E-state index contributed by atoms with van der Waals surface area (Å²) in [7, 11) is 0. The first-order valence-electron chi connectivity index (χ1n) is 10.6. The van der Waals surface area contributed by atoms with E-state index < -0.39 is 0 Å². The standard InChI is InChI=1S/C25H27FN4O/c1-19-16-21(9-10-23(19)26)24-17-22(18-29-14-11-27-12-15-29)25(31)30(28-24)13-5-8-20-6-3-2-4-7-20/h2-10,16-17,27H,11-15,18H2,1H3/b8-5+. The number of rotatable bonds is 6. The topological polar surface area (TPSA) is 50.2 Å². The Labute approximate surface area is 181 Å². The minimum atomic E-state index is -0.246. The van der Waals surface area contributed by atoms with Crippen LogP contribution < -0.4 is 10.9 Å². The van der Waals surface area contributed by atoms with Crippen LogP contribution in [0.25, 0.3) is 17.3 Å². The first-order valence-corrected chi connectivity index (χ1v) is 10.6. The molecular formula is C25H27FN4O. The van der Waals surface area contributed by atoms with E-state index in [2.05, 4.69) is 15.3 Å². The highest BCUT2D eigenvalue weighted by Crippen LogP contribution is 2.20. The number of piperazine rings is 1. The molecule has 4 rings (SSSR count). The average Bonchev–Trinajstić information content (AvgIpc) is 2.79. The second kappa shape index (κ2) is 9.81. The minimum Gasteiger partial charge on any atom is -0.314 e. The number of aromatic nitrogens is 2. The third-order valence-electron chi connectivity index (χ3n) is 5.49. The average molecular weight is 419 g/mol. The van der Waals surface area contributed by atoms with Gasteiger partial charge >= 0.3 is 0 Å². The molecule has 1 N–H and O–H groups in total. The number of hydrogen-bond acceptors (Lipinski definition) is 4. The Morgan fingerprint density at radius 3 is 2.61 bits per heavy atom. The van der Waals surface area contributed by atoms with Crippen molar-refractivity contribution in [3.05, 3.63) is 93.5 Å². The number of allylic oxidation sites excluding steroid dienone is 1. The van der Waals surface area contributed by atoms with E-state index in [4.69, 9.17) is 0 Å². The van der Waals surface area contributed by atoms with Crippen LogP contribution in [0, 0.1) is 12.7 Å². The van der Waals surface area contributed by atoms with Crippen molar-refractivity contribution >= 4 is 6.08 Å². The fraction of sp³-hybridized carbons (Fsp3) is 0.280. The molecule has 0 saturated carbocycles. The monoisotopic (exact) mass is 418 g/mol. The molecule has 1 aliphatic heterocycles. The maximum atomic E-state index is 13.8. The highest BCUT2D eigenvalue weighted by molar-refractivity contribution is 5.60. The molecule has 3 aromatic rings. The zero-order valence-electron chi connectivity index (χ0n) is 17.7. The Morgan fingerprint density at radius 1 is 1.10 bits per heavy atom. The van der Waals surface area contributed by atoms with Crippen LogP contribution in [0.1, 0.15) is 16.7 Å². The zero-order valence-corrected chi connectivity index (χ0v) is 17.7. The summed E-state index contributed by atoms with van der Waals surface area (Å²) in [5.41, 5.74) is 3.74. The van der Waals surface area contributed by atoms with Gasteiger partial charge in [-0.25, -0.2) is 9.07 Å². The van der Waals surface area contributed by atoms with E-state index in [9.17, 15) is 9.18 Å². The summed E-state index contributed by atoms with van der Waals surface area (Å²) in [6.45, 7) is 6.33. The molecular weight excluding hydrogens is 391 g/mol. The van der Waals surface area contributed by atoms with Gasteiger partial charge in [-0.1, -0.05) is 42.5 Å². The van der Waals surface area contributed by atoms with Crippen LogP contribution in [-0.4, -0.2) is 40.9 Å². The van der Waals surface area contributed by atoms with Gasteiger partial charge in [-0.15, -0.1) is 0 Å². The molecule has 1 fully saturated rings. The van der Waals surface area contributed by atoms with Gasteiger partial charge in [0.25, 0.3) is 5.56 Å². The summed E-state index contributed by atoms with van der Waals surface area (Å²) < 4.78 is 15.3. The van der Waals surface area contributed by atoms with E-state index in [1.54, 1.807) is 19.1 Å². The molecule has 0 amide bonds. The van der Waals surface area contributed by atoms with Crippen molar-refractivity contribution < 1.29 is 4.39 Å². The first-order chi connectivity index (χ1) is 15.1. The Hall–Kier alpha value is -3.09. The molecule has 0 atom stereocenters. The van der Waals surface area contributed by atoms with Crippen LogP contribution in [0.2, 0.25) is 0 Å². The molecule has 160 valence electrons. The van der Waals surface area contributed by atoms with E-state index in [1.807, 2.05) is 48.6 Å². The molecule has 0 bridgehead atoms. The van der Waals surface area contributed by atoms with Crippen LogP contribution in [0.15, 0.2) is 65.5 Å². The van der Waals surface area contributed by atoms with E-state index >= 15 is 0 Å². The number of benzene rings is 2. The second-order valence-electron chi connectivity index (χ2n) is 7.85. The van der Waals surface area contributed by atoms with Crippen molar-refractivity contribution in [2.45, 2.75) is 20.0 Å². The van der Waals surface area contributed by atoms with Crippen LogP contribution in [0.5, 0.6) is 0 Å². The van der Waals surface area contributed by atoms with Gasteiger partial charge in [0.05, 0.1) is 12.2 Å². The minimum absolute atomic E-state index is 0.0844. The van der Waals surface area contributed by atoms with E-state index in [0.717, 1.165) is 37.3 Å². The highest BCUT2D eigenvalue weighted by Gasteiger charge is 2.15. The number of aryl methyl sites for hydroxylation is 1. The molecule has 0 spiro atoms. The highest BCUT2D eigenvalue weighted by atomic mass is 19.1. The van der Waals surface area contributed by atoms with Crippen LogP contribution in [0.3, 0.4) is 0 Å². The van der Waals surface area contributed by atoms with Crippen LogP contribution >= 0.6 is 0 Å². The van der Waals surface area contributed by atoms with Gasteiger partial charge in [0.1, 0.15) is 5.82 Å². The SMILES string of the molecule is Cc1cc(-c2cc(CN3CCNCC3)c(=O)n(C/C=C/c3ccccc3)n2)ccc1F. The molecule has 6 heteroatoms. The molecule has 31 heavy (non-hydrogen) atoms. The van der Waals surface area contributed by atoms with Gasteiger partial charge in [-0.3, -0.25) is 9.69 Å². The van der Waals surface area contributed by atoms with Crippen molar-refractivity contribution in [3.63, 3.8) is 0 Å². The van der Waals surface area contributed by atoms with Gasteiger partial charge in [0.2, 0.25) is 0 Å². The third kappa shape index (κ3) is 5.34. The summed E-state index contributed by atoms with van der Waals surface area (Å²) in [4.78, 5) is 15.4. The van der Waals surface area contributed by atoms with Crippen molar-refractivity contribution in [1.29, 1.82) is 0 Å². The lowest BCUT2D eigenvalue weighted by Crippen LogP contribution is -2.44. The molecule has 1 aliphatic rings. The number of hydrogen-bond donors (Lipinski definition) is 1. The van der Waals surface area contributed by atoms with Gasteiger partial charge in [0.15, 0.2) is 0 Å². The van der Waals surface area contributed by atoms with Crippen molar-refractivity contribution in [3.8, 4) is 11.3 Å². The van der Waals surface area contributed by atoms with Gasteiger partial charge < -0.3 is 5.32 Å². The Bertz CT molecular complexity index is 1120. The number of halogens is 1. The summed E-state index contributed by atoms with van der Waals surface area (Å²) >= 11 is 0. The normalized spacial score (nSPS) is 14.9. The fourth-order valence-electron chi connectivity index (χ4n) is 3.74. The molecule has 0 unspecified atom stereocenters. The van der Waals surface area contributed by atoms with Crippen molar-refractivity contribution in [2.75, 3.05) is 26.2 Å². The predicted octanol–water partition coefficient (Wildman–Crippen LogP) is 3.48. The van der Waals surface area contributed by atoms with Gasteiger partial charge in [0, 0.05) is 43.9 Å². The summed E-state index contributed by atoms with van der Waals surface area (Å²) in [6, 6.07) is 16.8. The molecule has 1 saturated heterocycles. The predicted molar refractivity (Wildman–Crippen MR) is 122 cm³/mol. The molecule has 0 radical (unpaired) electrons. The first kappa shape index (κ1) is 21.2. The lowest BCUT2D eigenvalue weighted by atomic mass is 10.1. The van der Waals surface area contributed by atoms with E-state index in [0.29, 0.717) is 29.9 Å². The number of nitrogens with one attached hydrogen (secondary N) is 1. The third-order valence-corrected chi connectivity index (χ3v) is 5.49. The fourth-order valence-corrected chi connectivity index (χ4v) is 3.74. The van der Waals surface area contributed by atoms with Gasteiger partial charge in [-0.05, 0) is 42.3 Å². The lowest BCUT2D eigenvalue weighted by Gasteiger charge is -2.27. The quantitative estimate of drug-likeness (QED) is 0.666. The summed E-state index contributed by atoms with van der Waals surface area (Å²) in [5.74, 6) is -0.246. The molecule has 0 aliphatic carbocycles. The lowest BCUT2D eigenvalue weighted by molar-refractivity contribution is 0.231. The Balaban J connectivity index is 1.67. The Morgan fingerprint density at radius 2 is 1.87 bits per heavy atom. The van der Waals surface area contributed by atoms with Gasteiger partial charge in [-0.2, -0.15) is 5.10 Å². The zero-order chi connectivity index (χ0) is 21.6. The van der Waals surface area contributed by atoms with E-state index in [1.165, 1.54) is 10.7 Å². The number of nitrogens with zero attached hydrogens (tertiary/aromatic N) is 3. The molecule has 2 aromatic carbocycles. The smallest absolute Gasteiger partial charge is 0.271 e. The summed E-state index contributed by atoms with van der Waals surface area (Å²) in [5, 5.41) is 7.93. The summed E-state index contributed by atoms with van der Waals surface area (Å²) in [6.07, 6.45) is 3.93. The maximum Gasteiger partial charge on any atom is 0.271 e. The molecule has 5 nitrogen and oxygen atoms in total. The van der Waals surface area contributed by atoms with E-state index in [-0.39, 0.29) is 11.4 Å². The van der Waals surface area contributed by atoms with Crippen molar-refractivity contribution in [1.82, 2.24) is 20.0 Å². The largest absolute Gasteiger partial charge is 0.314 e. The van der Waals surface area contributed by atoms with Crippen LogP contribution in [0.4, 0.5) is 4.39 Å². The van der Waals surface area contributed by atoms with Crippen molar-refractivity contribution in [2.24, 2.45) is 0 Å².